The highest BCUT2D eigenvalue weighted by molar-refractivity contribution is 5.94. The Morgan fingerprint density at radius 1 is 0.923 bits per heavy atom. The number of piperidine rings is 1. The molecule has 1 amide bonds. The lowest BCUT2D eigenvalue weighted by Gasteiger charge is -2.32. The van der Waals surface area contributed by atoms with Crippen LogP contribution in [0.25, 0.3) is 0 Å². The topological polar surface area (TPSA) is 77.1 Å². The minimum absolute atomic E-state index is 0.0951. The monoisotopic (exact) mass is 528 g/mol. The Labute approximate surface area is 230 Å². The zero-order valence-electron chi connectivity index (χ0n) is 22.7. The zero-order valence-corrected chi connectivity index (χ0v) is 22.7. The molecule has 3 aromatic rings. The molecule has 0 aromatic heterocycles. The van der Waals surface area contributed by atoms with E-state index in [-0.39, 0.29) is 17.9 Å². The van der Waals surface area contributed by atoms with Gasteiger partial charge in [0, 0.05) is 12.1 Å². The molecule has 7 heteroatoms. The summed E-state index contributed by atoms with van der Waals surface area (Å²) in [5, 5.41) is 3.13. The smallest absolute Gasteiger partial charge is 0.337 e. The van der Waals surface area contributed by atoms with E-state index in [0.717, 1.165) is 49.5 Å². The number of amides is 1. The average Bonchev–Trinajstić information content (AvgIpc) is 3.45. The first kappa shape index (κ1) is 26.8. The summed E-state index contributed by atoms with van der Waals surface area (Å²) >= 11 is 0. The van der Waals surface area contributed by atoms with E-state index < -0.39 is 0 Å². The summed E-state index contributed by atoms with van der Waals surface area (Å²) < 4.78 is 15.7. The first-order valence-corrected chi connectivity index (χ1v) is 13.7. The molecule has 0 spiro atoms. The normalized spacial score (nSPS) is 16.1. The SMILES string of the molecule is CC[C@@H](NC(=O)c1ccc(CC2CCN(Cc3ccc4c(c3)OCO4)CC2)cc1)c1ccc(C(=O)OC)cc1. The highest BCUT2D eigenvalue weighted by Crippen LogP contribution is 2.33. The number of esters is 1. The number of nitrogens with zero attached hydrogens (tertiary/aromatic N) is 1. The van der Waals surface area contributed by atoms with Gasteiger partial charge in [-0.25, -0.2) is 4.79 Å². The largest absolute Gasteiger partial charge is 0.465 e. The van der Waals surface area contributed by atoms with Crippen molar-refractivity contribution in [2.45, 2.75) is 45.2 Å². The third-order valence-corrected chi connectivity index (χ3v) is 7.74. The molecular weight excluding hydrogens is 492 g/mol. The van der Waals surface area contributed by atoms with Gasteiger partial charge in [0.25, 0.3) is 5.91 Å². The quantitative estimate of drug-likeness (QED) is 0.368. The van der Waals surface area contributed by atoms with E-state index >= 15 is 0 Å². The second-order valence-electron chi connectivity index (χ2n) is 10.4. The van der Waals surface area contributed by atoms with E-state index in [4.69, 9.17) is 14.2 Å². The molecule has 0 bridgehead atoms. The van der Waals surface area contributed by atoms with Crippen LogP contribution in [0.15, 0.2) is 66.7 Å². The zero-order chi connectivity index (χ0) is 27.2. The molecule has 39 heavy (non-hydrogen) atoms. The van der Waals surface area contributed by atoms with Crippen molar-refractivity contribution in [2.75, 3.05) is 27.0 Å². The summed E-state index contributed by atoms with van der Waals surface area (Å²) in [6.07, 6.45) is 4.11. The number of fused-ring (bicyclic) bond motifs is 1. The molecule has 1 atom stereocenters. The Hall–Kier alpha value is -3.84. The first-order chi connectivity index (χ1) is 19.0. The maximum absolute atomic E-state index is 13.0. The number of ether oxygens (including phenoxy) is 3. The van der Waals surface area contributed by atoms with Crippen LogP contribution >= 0.6 is 0 Å². The molecule has 0 unspecified atom stereocenters. The molecule has 0 radical (unpaired) electrons. The van der Waals surface area contributed by atoms with Gasteiger partial charge in [0.15, 0.2) is 11.5 Å². The molecule has 7 nitrogen and oxygen atoms in total. The fourth-order valence-corrected chi connectivity index (χ4v) is 5.40. The van der Waals surface area contributed by atoms with Crippen LogP contribution in [0.4, 0.5) is 0 Å². The van der Waals surface area contributed by atoms with E-state index in [2.05, 4.69) is 34.5 Å². The highest BCUT2D eigenvalue weighted by atomic mass is 16.7. The van der Waals surface area contributed by atoms with Crippen molar-refractivity contribution in [1.82, 2.24) is 10.2 Å². The number of hydrogen-bond donors (Lipinski definition) is 1. The van der Waals surface area contributed by atoms with Gasteiger partial charge in [-0.05, 0) is 97.8 Å². The molecule has 1 fully saturated rings. The van der Waals surface area contributed by atoms with E-state index in [1.54, 1.807) is 12.1 Å². The molecule has 5 rings (SSSR count). The predicted octanol–water partition coefficient (Wildman–Crippen LogP) is 5.54. The summed E-state index contributed by atoms with van der Waals surface area (Å²) in [6.45, 7) is 5.43. The number of methoxy groups -OCH3 is 1. The number of rotatable bonds is 9. The van der Waals surface area contributed by atoms with Gasteiger partial charge in [0.05, 0.1) is 18.7 Å². The first-order valence-electron chi connectivity index (χ1n) is 13.7. The van der Waals surface area contributed by atoms with Gasteiger partial charge in [-0.2, -0.15) is 0 Å². The molecule has 2 aliphatic rings. The Balaban J connectivity index is 1.10. The number of hydrogen-bond acceptors (Lipinski definition) is 6. The summed E-state index contributed by atoms with van der Waals surface area (Å²) in [5.41, 5.74) is 4.64. The molecule has 1 N–H and O–H groups in total. The third kappa shape index (κ3) is 6.60. The lowest BCUT2D eigenvalue weighted by Crippen LogP contribution is -2.33. The van der Waals surface area contributed by atoms with Crippen molar-refractivity contribution in [3.05, 3.63) is 94.5 Å². The standard InChI is InChI=1S/C32H36N2O5/c1-3-28(25-9-11-27(12-10-25)32(36)37-2)33-31(35)26-7-4-22(5-8-26)18-23-14-16-34(17-15-23)20-24-6-13-29-30(19-24)39-21-38-29/h4-13,19,23,28H,3,14-18,20-21H2,1-2H3,(H,33,35)/t28-/m1/s1. The maximum atomic E-state index is 13.0. The number of carbonyl (C=O) groups is 2. The van der Waals surface area contributed by atoms with Crippen molar-refractivity contribution in [1.29, 1.82) is 0 Å². The van der Waals surface area contributed by atoms with Crippen molar-refractivity contribution >= 4 is 11.9 Å². The second kappa shape index (κ2) is 12.3. The molecule has 2 heterocycles. The van der Waals surface area contributed by atoms with Crippen LogP contribution in [-0.4, -0.2) is 43.8 Å². The summed E-state index contributed by atoms with van der Waals surface area (Å²) in [6, 6.07) is 21.3. The van der Waals surface area contributed by atoms with Gasteiger partial charge in [-0.3, -0.25) is 9.69 Å². The fraction of sp³-hybridized carbons (Fsp3) is 0.375. The van der Waals surface area contributed by atoms with Crippen molar-refractivity contribution < 1.29 is 23.8 Å². The van der Waals surface area contributed by atoms with Crippen molar-refractivity contribution in [3.8, 4) is 11.5 Å². The van der Waals surface area contributed by atoms with Crippen molar-refractivity contribution in [2.24, 2.45) is 5.92 Å². The average molecular weight is 529 g/mol. The minimum atomic E-state index is -0.370. The van der Waals surface area contributed by atoms with E-state index in [0.29, 0.717) is 23.8 Å². The minimum Gasteiger partial charge on any atom is -0.465 e. The predicted molar refractivity (Wildman–Crippen MR) is 149 cm³/mol. The van der Waals surface area contributed by atoms with Crippen LogP contribution in [0, 0.1) is 5.92 Å². The second-order valence-corrected chi connectivity index (χ2v) is 10.4. The maximum Gasteiger partial charge on any atom is 0.337 e. The molecular formula is C32H36N2O5. The summed E-state index contributed by atoms with van der Waals surface area (Å²) in [7, 11) is 1.36. The lowest BCUT2D eigenvalue weighted by molar-refractivity contribution is 0.0600. The van der Waals surface area contributed by atoms with Gasteiger partial charge >= 0.3 is 5.97 Å². The summed E-state index contributed by atoms with van der Waals surface area (Å²) in [5.74, 6) is 1.86. The number of nitrogens with one attached hydrogen (secondary N) is 1. The molecule has 3 aromatic carbocycles. The fourth-order valence-electron chi connectivity index (χ4n) is 5.40. The van der Waals surface area contributed by atoms with Gasteiger partial charge < -0.3 is 19.5 Å². The van der Waals surface area contributed by atoms with Crippen LogP contribution in [0.1, 0.15) is 69.6 Å². The van der Waals surface area contributed by atoms with Crippen LogP contribution < -0.4 is 14.8 Å². The number of benzene rings is 3. The van der Waals surface area contributed by atoms with Crippen molar-refractivity contribution in [3.63, 3.8) is 0 Å². The molecule has 2 aliphatic heterocycles. The van der Waals surface area contributed by atoms with Crippen LogP contribution in [-0.2, 0) is 17.7 Å². The van der Waals surface area contributed by atoms with Gasteiger partial charge in [0.2, 0.25) is 6.79 Å². The Morgan fingerprint density at radius 2 is 1.59 bits per heavy atom. The van der Waals surface area contributed by atoms with E-state index in [1.807, 2.05) is 37.3 Å². The highest BCUT2D eigenvalue weighted by Gasteiger charge is 2.21. The van der Waals surface area contributed by atoms with E-state index in [1.165, 1.54) is 31.1 Å². The Morgan fingerprint density at radius 3 is 2.28 bits per heavy atom. The van der Waals surface area contributed by atoms with Crippen LogP contribution in [0.2, 0.25) is 0 Å². The lowest BCUT2D eigenvalue weighted by atomic mass is 9.89. The number of carbonyl (C=O) groups excluding carboxylic acids is 2. The van der Waals surface area contributed by atoms with Gasteiger partial charge in [-0.15, -0.1) is 0 Å². The molecule has 0 saturated carbocycles. The van der Waals surface area contributed by atoms with Crippen LogP contribution in [0.3, 0.4) is 0 Å². The van der Waals surface area contributed by atoms with Gasteiger partial charge in [-0.1, -0.05) is 37.3 Å². The Kier molecular flexibility index (Phi) is 8.47. The summed E-state index contributed by atoms with van der Waals surface area (Å²) in [4.78, 5) is 27.2. The Bertz CT molecular complexity index is 1280. The van der Waals surface area contributed by atoms with Crippen LogP contribution in [0.5, 0.6) is 11.5 Å². The number of likely N-dealkylation sites (tertiary alicyclic amines) is 1. The third-order valence-electron chi connectivity index (χ3n) is 7.74. The molecule has 1 saturated heterocycles. The van der Waals surface area contributed by atoms with Gasteiger partial charge in [0.1, 0.15) is 0 Å². The molecule has 0 aliphatic carbocycles. The molecule has 204 valence electrons. The van der Waals surface area contributed by atoms with E-state index in [9.17, 15) is 9.59 Å².